The largest absolute Gasteiger partial charge is 0.327 e. The summed E-state index contributed by atoms with van der Waals surface area (Å²) in [5, 5.41) is 0. The van der Waals surface area contributed by atoms with Gasteiger partial charge in [0, 0.05) is 6.04 Å². The predicted octanol–water partition coefficient (Wildman–Crippen LogP) is 3.91. The van der Waals surface area contributed by atoms with E-state index in [1.54, 1.807) is 12.1 Å². The van der Waals surface area contributed by atoms with Gasteiger partial charge >= 0.3 is 0 Å². The Labute approximate surface area is 110 Å². The number of halogens is 1. The van der Waals surface area contributed by atoms with Gasteiger partial charge in [0.1, 0.15) is 5.82 Å². The van der Waals surface area contributed by atoms with Crippen LogP contribution >= 0.6 is 0 Å². The van der Waals surface area contributed by atoms with Gasteiger partial charge in [-0.25, -0.2) is 4.39 Å². The third kappa shape index (κ3) is 3.55. The van der Waals surface area contributed by atoms with Crippen LogP contribution in [-0.2, 0) is 6.42 Å². The normalized spacial score (nSPS) is 28.3. The first-order chi connectivity index (χ1) is 8.69. The van der Waals surface area contributed by atoms with E-state index in [-0.39, 0.29) is 5.82 Å². The predicted molar refractivity (Wildman–Crippen MR) is 73.8 cm³/mol. The molecule has 1 nitrogen and oxygen atoms in total. The first-order valence-electron chi connectivity index (χ1n) is 7.19. The Morgan fingerprint density at radius 2 is 1.94 bits per heavy atom. The van der Waals surface area contributed by atoms with Gasteiger partial charge in [0.15, 0.2) is 0 Å². The molecule has 1 aromatic rings. The molecular weight excluding hydrogens is 225 g/mol. The molecule has 0 amide bonds. The van der Waals surface area contributed by atoms with Gasteiger partial charge in [0.25, 0.3) is 0 Å². The minimum Gasteiger partial charge on any atom is -0.327 e. The van der Waals surface area contributed by atoms with Crippen LogP contribution in [0.1, 0.15) is 44.6 Å². The van der Waals surface area contributed by atoms with E-state index in [9.17, 15) is 4.39 Å². The molecular formula is C16H24FN. The monoisotopic (exact) mass is 249 g/mol. The van der Waals surface area contributed by atoms with E-state index < -0.39 is 0 Å². The summed E-state index contributed by atoms with van der Waals surface area (Å²) in [6.45, 7) is 2.25. The summed E-state index contributed by atoms with van der Waals surface area (Å²) in [5.74, 6) is 1.26. The van der Waals surface area contributed by atoms with Crippen molar-refractivity contribution >= 4 is 0 Å². The van der Waals surface area contributed by atoms with Gasteiger partial charge in [0.05, 0.1) is 0 Å². The van der Waals surface area contributed by atoms with E-state index in [0.29, 0.717) is 12.0 Å². The van der Waals surface area contributed by atoms with Crippen molar-refractivity contribution in [1.82, 2.24) is 0 Å². The first kappa shape index (κ1) is 13.5. The summed E-state index contributed by atoms with van der Waals surface area (Å²) in [7, 11) is 0. The second kappa shape index (κ2) is 6.33. The number of benzene rings is 1. The van der Waals surface area contributed by atoms with Crippen LogP contribution in [0.2, 0.25) is 0 Å². The van der Waals surface area contributed by atoms with Crippen LogP contribution in [0.4, 0.5) is 4.39 Å². The van der Waals surface area contributed by atoms with Crippen LogP contribution in [0.3, 0.4) is 0 Å². The molecule has 2 rings (SSSR count). The quantitative estimate of drug-likeness (QED) is 0.860. The van der Waals surface area contributed by atoms with Gasteiger partial charge in [-0.05, 0) is 55.2 Å². The fourth-order valence-corrected chi connectivity index (χ4v) is 3.21. The average Bonchev–Trinajstić information content (AvgIpc) is 2.36. The average molecular weight is 249 g/mol. The van der Waals surface area contributed by atoms with Gasteiger partial charge in [-0.15, -0.1) is 0 Å². The molecule has 0 spiro atoms. The number of hydrogen-bond donors (Lipinski definition) is 1. The highest BCUT2D eigenvalue weighted by molar-refractivity contribution is 5.17. The van der Waals surface area contributed by atoms with E-state index in [2.05, 4.69) is 6.92 Å². The van der Waals surface area contributed by atoms with Gasteiger partial charge in [-0.1, -0.05) is 31.9 Å². The minimum atomic E-state index is -0.157. The van der Waals surface area contributed by atoms with Crippen molar-refractivity contribution in [3.63, 3.8) is 0 Å². The highest BCUT2D eigenvalue weighted by Gasteiger charge is 2.27. The van der Waals surface area contributed by atoms with Gasteiger partial charge in [-0.3, -0.25) is 0 Å². The van der Waals surface area contributed by atoms with E-state index in [4.69, 9.17) is 5.73 Å². The lowest BCUT2D eigenvalue weighted by Crippen LogP contribution is -2.37. The van der Waals surface area contributed by atoms with Crippen LogP contribution in [0.5, 0.6) is 0 Å². The van der Waals surface area contributed by atoms with Gasteiger partial charge in [0.2, 0.25) is 0 Å². The maximum absolute atomic E-state index is 12.9. The molecule has 1 aliphatic rings. The zero-order valence-corrected chi connectivity index (χ0v) is 11.2. The fraction of sp³-hybridized carbons (Fsp3) is 0.625. The molecule has 3 unspecified atom stereocenters. The number of hydrogen-bond acceptors (Lipinski definition) is 1. The Kier molecular flexibility index (Phi) is 4.76. The lowest BCUT2D eigenvalue weighted by Gasteiger charge is -2.34. The molecule has 18 heavy (non-hydrogen) atoms. The molecule has 2 heteroatoms. The topological polar surface area (TPSA) is 26.0 Å². The lowest BCUT2D eigenvalue weighted by molar-refractivity contribution is 0.221. The van der Waals surface area contributed by atoms with Crippen LogP contribution in [0.15, 0.2) is 24.3 Å². The Balaban J connectivity index is 1.95. The van der Waals surface area contributed by atoms with Crippen molar-refractivity contribution in [1.29, 1.82) is 0 Å². The van der Waals surface area contributed by atoms with Crippen molar-refractivity contribution < 1.29 is 4.39 Å². The molecule has 2 N–H and O–H groups in total. The maximum atomic E-state index is 12.9. The molecule has 1 fully saturated rings. The summed E-state index contributed by atoms with van der Waals surface area (Å²) in [5.41, 5.74) is 7.46. The van der Waals surface area contributed by atoms with Gasteiger partial charge in [-0.2, -0.15) is 0 Å². The lowest BCUT2D eigenvalue weighted by atomic mass is 9.74. The Hall–Kier alpha value is -0.890. The molecule has 100 valence electrons. The number of nitrogens with two attached hydrogens (primary N) is 1. The highest BCUT2D eigenvalue weighted by atomic mass is 19.1. The molecule has 3 atom stereocenters. The fourth-order valence-electron chi connectivity index (χ4n) is 3.21. The molecule has 0 saturated heterocycles. The summed E-state index contributed by atoms with van der Waals surface area (Å²) in [6.07, 6.45) is 7.27. The van der Waals surface area contributed by atoms with Gasteiger partial charge < -0.3 is 5.73 Å². The SMILES string of the molecule is CCCC1CCC(N)C(Cc2ccc(F)cc2)C1. The minimum absolute atomic E-state index is 0.157. The molecule has 0 radical (unpaired) electrons. The molecule has 1 aliphatic carbocycles. The van der Waals surface area contributed by atoms with Crippen molar-refractivity contribution in [2.45, 2.75) is 51.5 Å². The second-order valence-corrected chi connectivity index (χ2v) is 5.72. The van der Waals surface area contributed by atoms with Crippen molar-refractivity contribution in [3.8, 4) is 0 Å². The third-order valence-corrected chi connectivity index (χ3v) is 4.26. The zero-order chi connectivity index (χ0) is 13.0. The van der Waals surface area contributed by atoms with Crippen molar-refractivity contribution in [2.24, 2.45) is 17.6 Å². The summed E-state index contributed by atoms with van der Waals surface area (Å²) < 4.78 is 12.9. The van der Waals surface area contributed by atoms with Crippen LogP contribution < -0.4 is 5.73 Å². The highest BCUT2D eigenvalue weighted by Crippen LogP contribution is 2.33. The van der Waals surface area contributed by atoms with Crippen molar-refractivity contribution in [3.05, 3.63) is 35.6 Å². The smallest absolute Gasteiger partial charge is 0.123 e. The Bertz CT molecular complexity index is 360. The van der Waals surface area contributed by atoms with Crippen molar-refractivity contribution in [2.75, 3.05) is 0 Å². The maximum Gasteiger partial charge on any atom is 0.123 e. The zero-order valence-electron chi connectivity index (χ0n) is 11.2. The third-order valence-electron chi connectivity index (χ3n) is 4.26. The summed E-state index contributed by atoms with van der Waals surface area (Å²) in [4.78, 5) is 0. The molecule has 1 aromatic carbocycles. The molecule has 0 aromatic heterocycles. The van der Waals surface area contributed by atoms with E-state index in [1.807, 2.05) is 12.1 Å². The summed E-state index contributed by atoms with van der Waals surface area (Å²) in [6, 6.07) is 7.21. The van der Waals surface area contributed by atoms with E-state index >= 15 is 0 Å². The van der Waals surface area contributed by atoms with Crippen LogP contribution in [0.25, 0.3) is 0 Å². The molecule has 0 bridgehead atoms. The van der Waals surface area contributed by atoms with Crippen LogP contribution in [-0.4, -0.2) is 6.04 Å². The Morgan fingerprint density at radius 1 is 1.22 bits per heavy atom. The Morgan fingerprint density at radius 3 is 2.61 bits per heavy atom. The number of rotatable bonds is 4. The summed E-state index contributed by atoms with van der Waals surface area (Å²) >= 11 is 0. The van der Waals surface area contributed by atoms with E-state index in [1.165, 1.54) is 31.2 Å². The second-order valence-electron chi connectivity index (χ2n) is 5.72. The standard InChI is InChI=1S/C16H24FN/c1-2-3-12-6-9-16(18)14(10-12)11-13-4-7-15(17)8-5-13/h4-5,7-8,12,14,16H,2-3,6,9-11,18H2,1H3. The molecule has 0 aliphatic heterocycles. The molecule has 1 saturated carbocycles. The van der Waals surface area contributed by atoms with Crippen LogP contribution in [0, 0.1) is 17.7 Å². The first-order valence-corrected chi connectivity index (χ1v) is 7.19. The van der Waals surface area contributed by atoms with E-state index in [0.717, 1.165) is 18.8 Å². The molecule has 0 heterocycles.